The fourth-order valence-electron chi connectivity index (χ4n) is 1.99. The van der Waals surface area contributed by atoms with Gasteiger partial charge in [0.1, 0.15) is 12.4 Å². The zero-order chi connectivity index (χ0) is 16.9. The van der Waals surface area contributed by atoms with Crippen molar-refractivity contribution in [3.05, 3.63) is 69.0 Å². The van der Waals surface area contributed by atoms with Gasteiger partial charge >= 0.3 is 6.01 Å². The maximum Gasteiger partial charge on any atom is 0.313 e. The van der Waals surface area contributed by atoms with E-state index < -0.39 is 0 Å². The first-order valence-corrected chi connectivity index (χ1v) is 8.22. The molecule has 0 saturated carbocycles. The molecule has 0 aliphatic heterocycles. The highest BCUT2D eigenvalue weighted by Gasteiger charge is 2.05. The van der Waals surface area contributed by atoms with Gasteiger partial charge in [-0.15, -0.1) is 5.10 Å². The lowest BCUT2D eigenvalue weighted by Crippen LogP contribution is -1.96. The third kappa shape index (κ3) is 4.15. The van der Waals surface area contributed by atoms with E-state index in [0.29, 0.717) is 17.5 Å². The minimum atomic E-state index is 0.0409. The molecule has 0 atom stereocenters. The highest BCUT2D eigenvalue weighted by molar-refractivity contribution is 9.10. The van der Waals surface area contributed by atoms with E-state index in [2.05, 4.69) is 26.1 Å². The topological polar surface area (TPSA) is 74.2 Å². The highest BCUT2D eigenvalue weighted by Crippen LogP contribution is 2.28. The maximum atomic E-state index is 6.13. The molecule has 0 bridgehead atoms. The van der Waals surface area contributed by atoms with Gasteiger partial charge in [0, 0.05) is 16.7 Å². The molecule has 2 aromatic carbocycles. The van der Waals surface area contributed by atoms with Crippen LogP contribution in [0.2, 0.25) is 5.02 Å². The smallest absolute Gasteiger partial charge is 0.313 e. The Morgan fingerprint density at radius 3 is 2.71 bits per heavy atom. The van der Waals surface area contributed by atoms with Crippen molar-refractivity contribution in [2.45, 2.75) is 6.61 Å². The van der Waals surface area contributed by atoms with Crippen molar-refractivity contribution in [3.63, 3.8) is 0 Å². The molecular formula is C17H13BrClN3O2. The Bertz CT molecular complexity index is 880. The number of rotatable bonds is 5. The lowest BCUT2D eigenvalue weighted by atomic mass is 10.2. The van der Waals surface area contributed by atoms with E-state index in [0.717, 1.165) is 21.3 Å². The van der Waals surface area contributed by atoms with Crippen LogP contribution in [0.25, 0.3) is 12.2 Å². The van der Waals surface area contributed by atoms with Crippen molar-refractivity contribution in [1.82, 2.24) is 10.2 Å². The van der Waals surface area contributed by atoms with Crippen LogP contribution in [0.5, 0.6) is 5.75 Å². The molecule has 3 rings (SSSR count). The van der Waals surface area contributed by atoms with E-state index in [9.17, 15) is 0 Å². The van der Waals surface area contributed by atoms with Crippen LogP contribution in [0.4, 0.5) is 6.01 Å². The maximum absolute atomic E-state index is 6.13. The van der Waals surface area contributed by atoms with Gasteiger partial charge in [-0.05, 0) is 45.8 Å². The van der Waals surface area contributed by atoms with Crippen LogP contribution in [0.15, 0.2) is 51.4 Å². The molecular weight excluding hydrogens is 394 g/mol. The van der Waals surface area contributed by atoms with Crippen LogP contribution in [0.1, 0.15) is 17.0 Å². The summed E-state index contributed by atoms with van der Waals surface area (Å²) in [5.74, 6) is 1.08. The lowest BCUT2D eigenvalue weighted by molar-refractivity contribution is 0.304. The van der Waals surface area contributed by atoms with Crippen LogP contribution in [0, 0.1) is 0 Å². The highest BCUT2D eigenvalue weighted by atomic mass is 79.9. The van der Waals surface area contributed by atoms with E-state index in [1.807, 2.05) is 48.5 Å². The molecule has 24 heavy (non-hydrogen) atoms. The standard InChI is InChI=1S/C17H13BrClN3O2/c18-13-9-11(6-8-16-21-22-17(20)24-16)5-7-15(13)23-10-12-3-1-2-4-14(12)19/h1-9H,10H2,(H2,20,22)/b8-6+. The molecule has 0 unspecified atom stereocenters. The minimum Gasteiger partial charge on any atom is -0.488 e. The van der Waals surface area contributed by atoms with Crippen molar-refractivity contribution in [2.75, 3.05) is 5.73 Å². The van der Waals surface area contributed by atoms with Crippen molar-refractivity contribution in [3.8, 4) is 5.75 Å². The molecule has 0 spiro atoms. The van der Waals surface area contributed by atoms with Gasteiger partial charge in [0.2, 0.25) is 5.89 Å². The second-order valence-electron chi connectivity index (χ2n) is 4.88. The van der Waals surface area contributed by atoms with Gasteiger partial charge in [0.05, 0.1) is 4.47 Å². The Hall–Kier alpha value is -2.31. The zero-order valence-electron chi connectivity index (χ0n) is 12.4. The summed E-state index contributed by atoms with van der Waals surface area (Å²) in [6, 6.07) is 13.4. The number of halogens is 2. The van der Waals surface area contributed by atoms with Crippen LogP contribution in [-0.2, 0) is 6.61 Å². The summed E-state index contributed by atoms with van der Waals surface area (Å²) in [5, 5.41) is 8.04. The van der Waals surface area contributed by atoms with Gasteiger partial charge in [0.25, 0.3) is 0 Å². The first-order chi connectivity index (χ1) is 11.6. The van der Waals surface area contributed by atoms with Gasteiger partial charge in [-0.3, -0.25) is 0 Å². The monoisotopic (exact) mass is 405 g/mol. The third-order valence-electron chi connectivity index (χ3n) is 3.17. The van der Waals surface area contributed by atoms with Gasteiger partial charge in [0.15, 0.2) is 0 Å². The minimum absolute atomic E-state index is 0.0409. The SMILES string of the molecule is Nc1nnc(/C=C/c2ccc(OCc3ccccc3Cl)c(Br)c2)o1. The summed E-state index contributed by atoms with van der Waals surface area (Å²) in [6.07, 6.45) is 3.53. The summed E-state index contributed by atoms with van der Waals surface area (Å²) in [6.45, 7) is 0.398. The third-order valence-corrected chi connectivity index (χ3v) is 4.16. The molecule has 5 nitrogen and oxygen atoms in total. The fraction of sp³-hybridized carbons (Fsp3) is 0.0588. The van der Waals surface area contributed by atoms with Crippen LogP contribution < -0.4 is 10.5 Å². The number of anilines is 1. The summed E-state index contributed by atoms with van der Waals surface area (Å²) >= 11 is 9.63. The molecule has 1 aromatic heterocycles. The predicted octanol–water partition coefficient (Wildman–Crippen LogP) is 4.82. The molecule has 0 aliphatic rings. The Kier molecular flexibility index (Phi) is 5.17. The molecule has 0 fully saturated rings. The van der Waals surface area contributed by atoms with Gasteiger partial charge in [-0.1, -0.05) is 41.0 Å². The van der Waals surface area contributed by atoms with E-state index >= 15 is 0 Å². The lowest BCUT2D eigenvalue weighted by Gasteiger charge is -2.10. The fourth-order valence-corrected chi connectivity index (χ4v) is 2.69. The first-order valence-electron chi connectivity index (χ1n) is 7.04. The first kappa shape index (κ1) is 16.5. The van der Waals surface area contributed by atoms with Crippen LogP contribution >= 0.6 is 27.5 Å². The number of nitrogens with two attached hydrogens (primary N) is 1. The Morgan fingerprint density at radius 1 is 1.17 bits per heavy atom. The van der Waals surface area contributed by atoms with Crippen molar-refractivity contribution < 1.29 is 9.15 Å². The molecule has 1 heterocycles. The number of hydrogen-bond acceptors (Lipinski definition) is 5. The van der Waals surface area contributed by atoms with Crippen LogP contribution in [-0.4, -0.2) is 10.2 Å². The largest absolute Gasteiger partial charge is 0.488 e. The number of ether oxygens (including phenoxy) is 1. The average molecular weight is 407 g/mol. The number of benzene rings is 2. The van der Waals surface area contributed by atoms with Gasteiger partial charge < -0.3 is 14.9 Å². The number of nitrogen functional groups attached to an aromatic ring is 1. The summed E-state index contributed by atoms with van der Waals surface area (Å²) in [4.78, 5) is 0. The quantitative estimate of drug-likeness (QED) is 0.657. The Balaban J connectivity index is 1.68. The predicted molar refractivity (Wildman–Crippen MR) is 97.6 cm³/mol. The van der Waals surface area contributed by atoms with Crippen molar-refractivity contribution >= 4 is 45.7 Å². The second kappa shape index (κ2) is 7.51. The molecule has 0 aliphatic carbocycles. The Labute approximate surface area is 152 Å². The normalized spacial score (nSPS) is 11.1. The number of hydrogen-bond donors (Lipinski definition) is 1. The molecule has 7 heteroatoms. The second-order valence-corrected chi connectivity index (χ2v) is 6.14. The van der Waals surface area contributed by atoms with Crippen molar-refractivity contribution in [2.24, 2.45) is 0 Å². The molecule has 0 saturated heterocycles. The van der Waals surface area contributed by atoms with E-state index in [1.54, 1.807) is 6.08 Å². The van der Waals surface area contributed by atoms with E-state index in [1.165, 1.54) is 0 Å². The number of nitrogens with zero attached hydrogens (tertiary/aromatic N) is 2. The average Bonchev–Trinajstić information content (AvgIpc) is 2.99. The molecule has 2 N–H and O–H groups in total. The van der Waals surface area contributed by atoms with E-state index in [4.69, 9.17) is 26.5 Å². The summed E-state index contributed by atoms with van der Waals surface area (Å²) < 4.78 is 11.7. The molecule has 0 radical (unpaired) electrons. The molecule has 0 amide bonds. The van der Waals surface area contributed by atoms with Crippen LogP contribution in [0.3, 0.4) is 0 Å². The summed E-state index contributed by atoms with van der Waals surface area (Å²) in [5.41, 5.74) is 7.26. The van der Waals surface area contributed by atoms with E-state index in [-0.39, 0.29) is 6.01 Å². The zero-order valence-corrected chi connectivity index (χ0v) is 14.8. The molecule has 3 aromatic rings. The van der Waals surface area contributed by atoms with Crippen molar-refractivity contribution in [1.29, 1.82) is 0 Å². The molecule has 122 valence electrons. The Morgan fingerprint density at radius 2 is 2.00 bits per heavy atom. The summed E-state index contributed by atoms with van der Waals surface area (Å²) in [7, 11) is 0. The van der Waals surface area contributed by atoms with Gasteiger partial charge in [-0.25, -0.2) is 0 Å². The number of aromatic nitrogens is 2. The van der Waals surface area contributed by atoms with Gasteiger partial charge in [-0.2, -0.15) is 0 Å².